The van der Waals surface area contributed by atoms with E-state index in [4.69, 9.17) is 34.8 Å². The lowest BCUT2D eigenvalue weighted by molar-refractivity contribution is -0.111. The molecule has 1 N–H and O–H groups in total. The molecule has 0 aliphatic rings. The predicted molar refractivity (Wildman–Crippen MR) is 96.9 cm³/mol. The van der Waals surface area contributed by atoms with Gasteiger partial charge < -0.3 is 10.1 Å². The minimum atomic E-state index is -0.584. The van der Waals surface area contributed by atoms with Crippen LogP contribution in [0.2, 0.25) is 15.1 Å². The summed E-state index contributed by atoms with van der Waals surface area (Å²) in [5.74, 6) is -0.973. The van der Waals surface area contributed by atoms with Crippen LogP contribution in [0.15, 0.2) is 42.5 Å². The Morgan fingerprint density at radius 1 is 1.04 bits per heavy atom. The molecule has 0 radical (unpaired) electrons. The van der Waals surface area contributed by atoms with Crippen LogP contribution in [-0.2, 0) is 9.53 Å². The van der Waals surface area contributed by atoms with Crippen molar-refractivity contribution < 1.29 is 14.3 Å². The van der Waals surface area contributed by atoms with Gasteiger partial charge in [-0.05, 0) is 42.0 Å². The summed E-state index contributed by atoms with van der Waals surface area (Å²) in [5.41, 5.74) is 1.24. The summed E-state index contributed by atoms with van der Waals surface area (Å²) < 4.78 is 4.63. The van der Waals surface area contributed by atoms with Crippen molar-refractivity contribution in [1.82, 2.24) is 0 Å². The smallest absolute Gasteiger partial charge is 0.339 e. The summed E-state index contributed by atoms with van der Waals surface area (Å²) >= 11 is 17.8. The SMILES string of the molecule is COC(=O)c1cc(NC(=O)/C=C/c2ccc(Cl)cc2Cl)ccc1Cl. The highest BCUT2D eigenvalue weighted by molar-refractivity contribution is 6.35. The number of hydrogen-bond acceptors (Lipinski definition) is 3. The van der Waals surface area contributed by atoms with Gasteiger partial charge in [0.25, 0.3) is 0 Å². The molecule has 1 amide bonds. The van der Waals surface area contributed by atoms with Gasteiger partial charge in [0.2, 0.25) is 5.91 Å². The summed E-state index contributed by atoms with van der Waals surface area (Å²) in [4.78, 5) is 23.6. The maximum atomic E-state index is 12.0. The topological polar surface area (TPSA) is 55.4 Å². The van der Waals surface area contributed by atoms with Crippen LogP contribution < -0.4 is 5.32 Å². The molecule has 0 saturated carbocycles. The second-order valence-corrected chi connectivity index (χ2v) is 5.93. The van der Waals surface area contributed by atoms with Crippen molar-refractivity contribution in [2.24, 2.45) is 0 Å². The molecule has 2 aromatic rings. The number of hydrogen-bond donors (Lipinski definition) is 1. The van der Waals surface area contributed by atoms with E-state index in [1.165, 1.54) is 25.3 Å². The number of halogens is 3. The van der Waals surface area contributed by atoms with Gasteiger partial charge in [0.15, 0.2) is 0 Å². The van der Waals surface area contributed by atoms with Crippen LogP contribution in [0.3, 0.4) is 0 Å². The quantitative estimate of drug-likeness (QED) is 0.590. The van der Waals surface area contributed by atoms with Crippen LogP contribution in [0.1, 0.15) is 15.9 Å². The summed E-state index contributed by atoms with van der Waals surface area (Å²) in [5, 5.41) is 3.82. The van der Waals surface area contributed by atoms with Crippen LogP contribution in [0.4, 0.5) is 5.69 Å². The molecular weight excluding hydrogens is 373 g/mol. The maximum Gasteiger partial charge on any atom is 0.339 e. The highest BCUT2D eigenvalue weighted by atomic mass is 35.5. The summed E-state index contributed by atoms with van der Waals surface area (Å²) in [6.07, 6.45) is 2.88. The molecule has 0 saturated heterocycles. The molecular formula is C17H12Cl3NO3. The van der Waals surface area contributed by atoms with E-state index in [2.05, 4.69) is 10.1 Å². The molecule has 0 spiro atoms. The first kappa shape index (κ1) is 18.3. The molecule has 4 nitrogen and oxygen atoms in total. The molecule has 0 aliphatic heterocycles. The minimum Gasteiger partial charge on any atom is -0.465 e. The van der Waals surface area contributed by atoms with Gasteiger partial charge in [-0.2, -0.15) is 0 Å². The normalized spacial score (nSPS) is 10.7. The fourth-order valence-corrected chi connectivity index (χ4v) is 2.52. The van der Waals surface area contributed by atoms with E-state index in [9.17, 15) is 9.59 Å². The predicted octanol–water partition coefficient (Wildman–Crippen LogP) is 5.09. The summed E-state index contributed by atoms with van der Waals surface area (Å²) in [7, 11) is 1.25. The Kier molecular flexibility index (Phi) is 6.26. The Morgan fingerprint density at radius 3 is 2.46 bits per heavy atom. The van der Waals surface area contributed by atoms with Crippen molar-refractivity contribution in [2.45, 2.75) is 0 Å². The lowest BCUT2D eigenvalue weighted by atomic mass is 10.2. The molecule has 0 atom stereocenters. The van der Waals surface area contributed by atoms with E-state index in [-0.39, 0.29) is 16.5 Å². The number of benzene rings is 2. The standard InChI is InChI=1S/C17H12Cl3NO3/c1-24-17(23)13-9-12(5-6-14(13)19)21-16(22)7-3-10-2-4-11(18)8-15(10)20/h2-9H,1H3,(H,21,22)/b7-3+. The molecule has 0 bridgehead atoms. The number of carbonyl (C=O) groups excluding carboxylic acids is 2. The molecule has 0 heterocycles. The van der Waals surface area contributed by atoms with Crippen molar-refractivity contribution in [2.75, 3.05) is 12.4 Å². The first-order valence-corrected chi connectivity index (χ1v) is 7.86. The van der Waals surface area contributed by atoms with E-state index in [0.717, 1.165) is 0 Å². The van der Waals surface area contributed by atoms with E-state index in [1.807, 2.05) is 0 Å². The zero-order valence-electron chi connectivity index (χ0n) is 12.5. The second-order valence-electron chi connectivity index (χ2n) is 4.67. The molecule has 0 fully saturated rings. The van der Waals surface area contributed by atoms with Gasteiger partial charge in [0.05, 0.1) is 17.7 Å². The zero-order valence-corrected chi connectivity index (χ0v) is 14.7. The van der Waals surface area contributed by atoms with Gasteiger partial charge in [-0.25, -0.2) is 4.79 Å². The van der Waals surface area contributed by atoms with E-state index < -0.39 is 5.97 Å². The monoisotopic (exact) mass is 383 g/mol. The number of methoxy groups -OCH3 is 1. The highest BCUT2D eigenvalue weighted by Gasteiger charge is 2.12. The molecule has 124 valence electrons. The number of amides is 1. The number of rotatable bonds is 4. The fraction of sp³-hybridized carbons (Fsp3) is 0.0588. The molecule has 2 rings (SSSR count). The van der Waals surface area contributed by atoms with Gasteiger partial charge >= 0.3 is 5.97 Å². The Hall–Kier alpha value is -2.01. The third-order valence-corrected chi connectivity index (χ3v) is 3.91. The Bertz CT molecular complexity index is 819. The van der Waals surface area contributed by atoms with Gasteiger partial charge in [-0.1, -0.05) is 40.9 Å². The van der Waals surface area contributed by atoms with Crippen LogP contribution >= 0.6 is 34.8 Å². The summed E-state index contributed by atoms with van der Waals surface area (Å²) in [6.45, 7) is 0. The average Bonchev–Trinajstić information content (AvgIpc) is 2.55. The second kappa shape index (κ2) is 8.20. The molecule has 24 heavy (non-hydrogen) atoms. The third-order valence-electron chi connectivity index (χ3n) is 3.02. The van der Waals surface area contributed by atoms with Gasteiger partial charge in [-0.3, -0.25) is 4.79 Å². The number of nitrogens with one attached hydrogen (secondary N) is 1. The number of ether oxygens (including phenoxy) is 1. The van der Waals surface area contributed by atoms with Gasteiger partial charge in [0, 0.05) is 21.8 Å². The van der Waals surface area contributed by atoms with E-state index in [0.29, 0.717) is 21.3 Å². The number of anilines is 1. The molecule has 0 aliphatic carbocycles. The van der Waals surface area contributed by atoms with Crippen molar-refractivity contribution in [1.29, 1.82) is 0 Å². The first-order chi connectivity index (χ1) is 11.4. The van der Waals surface area contributed by atoms with Crippen molar-refractivity contribution in [3.8, 4) is 0 Å². The average molecular weight is 385 g/mol. The lowest BCUT2D eigenvalue weighted by Gasteiger charge is -2.06. The maximum absolute atomic E-state index is 12.0. The Labute approximate surface area is 154 Å². The van der Waals surface area contributed by atoms with Crippen molar-refractivity contribution in [3.63, 3.8) is 0 Å². The summed E-state index contributed by atoms with van der Waals surface area (Å²) in [6, 6.07) is 9.48. The largest absolute Gasteiger partial charge is 0.465 e. The molecule has 2 aromatic carbocycles. The third kappa shape index (κ3) is 4.74. The first-order valence-electron chi connectivity index (χ1n) is 6.72. The van der Waals surface area contributed by atoms with E-state index >= 15 is 0 Å². The van der Waals surface area contributed by atoms with Gasteiger partial charge in [-0.15, -0.1) is 0 Å². The highest BCUT2D eigenvalue weighted by Crippen LogP contribution is 2.23. The fourth-order valence-electron chi connectivity index (χ4n) is 1.86. The van der Waals surface area contributed by atoms with Crippen molar-refractivity contribution in [3.05, 3.63) is 68.7 Å². The van der Waals surface area contributed by atoms with E-state index in [1.54, 1.807) is 30.3 Å². The number of carbonyl (C=O) groups is 2. The zero-order chi connectivity index (χ0) is 17.7. The van der Waals surface area contributed by atoms with Crippen LogP contribution in [0.5, 0.6) is 0 Å². The van der Waals surface area contributed by atoms with Crippen LogP contribution in [0.25, 0.3) is 6.08 Å². The van der Waals surface area contributed by atoms with Crippen LogP contribution in [-0.4, -0.2) is 19.0 Å². The van der Waals surface area contributed by atoms with Crippen molar-refractivity contribution >= 4 is 58.4 Å². The molecule has 0 unspecified atom stereocenters. The Morgan fingerprint density at radius 2 is 1.79 bits per heavy atom. The number of esters is 1. The molecule has 7 heteroatoms. The Balaban J connectivity index is 2.12. The van der Waals surface area contributed by atoms with Gasteiger partial charge in [0.1, 0.15) is 0 Å². The molecule has 0 aromatic heterocycles. The van der Waals surface area contributed by atoms with Crippen LogP contribution in [0, 0.1) is 0 Å². The lowest BCUT2D eigenvalue weighted by Crippen LogP contribution is -2.09. The minimum absolute atomic E-state index is 0.168.